The molecule has 3 aromatic carbocycles. The second kappa shape index (κ2) is 14.7. The number of ether oxygens (including phenoxy) is 2. The predicted octanol–water partition coefficient (Wildman–Crippen LogP) is 7.06. The van der Waals surface area contributed by atoms with Crippen LogP contribution < -0.4 is 9.47 Å². The van der Waals surface area contributed by atoms with E-state index in [1.54, 1.807) is 0 Å². The number of carbonyl (C=O) groups excluding carboxylic acids is 2. The lowest BCUT2D eigenvalue weighted by molar-refractivity contribution is -0.143. The van der Waals surface area contributed by atoms with Gasteiger partial charge in [-0.05, 0) is 106 Å². The van der Waals surface area contributed by atoms with Gasteiger partial charge in [-0.2, -0.15) is 0 Å². The van der Waals surface area contributed by atoms with Gasteiger partial charge in [-0.15, -0.1) is 0 Å². The molecule has 3 aliphatic carbocycles. The van der Waals surface area contributed by atoms with Crippen molar-refractivity contribution < 1.29 is 24.2 Å². The molecular weight excluding hydrogens is 636 g/mol. The fraction of sp³-hybridized carbons (Fsp3) is 0.545. The van der Waals surface area contributed by atoms with E-state index in [0.29, 0.717) is 30.0 Å². The summed E-state index contributed by atoms with van der Waals surface area (Å²) in [6.07, 6.45) is 12.0. The number of esters is 1. The van der Waals surface area contributed by atoms with E-state index in [2.05, 4.69) is 76.5 Å². The maximum atomic E-state index is 14.4. The Morgan fingerprint density at radius 1 is 0.922 bits per heavy atom. The van der Waals surface area contributed by atoms with E-state index in [0.717, 1.165) is 102 Å². The number of benzene rings is 3. The SMILES string of the molecule is CC(=O)Oc1ccc2c3c1O[C@H]1[C@@H](N(CCCCc4ccccc4)C(=O)CCCCCc4ccccc4)CC[C@H]4[C@@H](C2)N(CC2CC2O)CC[C@@]341. The van der Waals surface area contributed by atoms with Crippen LogP contribution in [0.5, 0.6) is 11.5 Å². The predicted molar refractivity (Wildman–Crippen MR) is 198 cm³/mol. The van der Waals surface area contributed by atoms with Gasteiger partial charge in [0.1, 0.15) is 6.10 Å². The maximum Gasteiger partial charge on any atom is 0.308 e. The van der Waals surface area contributed by atoms with Crippen LogP contribution in [0.2, 0.25) is 0 Å². The molecule has 2 bridgehead atoms. The highest BCUT2D eigenvalue weighted by Crippen LogP contribution is 2.64. The van der Waals surface area contributed by atoms with Gasteiger partial charge in [0.25, 0.3) is 0 Å². The van der Waals surface area contributed by atoms with E-state index in [9.17, 15) is 14.7 Å². The van der Waals surface area contributed by atoms with E-state index in [-0.39, 0.29) is 35.5 Å². The minimum absolute atomic E-state index is 0.0317. The van der Waals surface area contributed by atoms with Gasteiger partial charge < -0.3 is 19.5 Å². The van der Waals surface area contributed by atoms with E-state index in [1.807, 2.05) is 6.07 Å². The summed E-state index contributed by atoms with van der Waals surface area (Å²) in [6, 6.07) is 25.7. The molecule has 51 heavy (non-hydrogen) atoms. The molecule has 2 saturated carbocycles. The lowest BCUT2D eigenvalue weighted by Gasteiger charge is -2.60. The summed E-state index contributed by atoms with van der Waals surface area (Å²) in [7, 11) is 0. The van der Waals surface area contributed by atoms with Gasteiger partial charge in [-0.3, -0.25) is 14.5 Å². The van der Waals surface area contributed by atoms with Crippen LogP contribution in [0.25, 0.3) is 0 Å². The first-order chi connectivity index (χ1) is 24.9. The quantitative estimate of drug-likeness (QED) is 0.105. The van der Waals surface area contributed by atoms with Crippen LogP contribution in [0, 0.1) is 11.8 Å². The second-order valence-electron chi connectivity index (χ2n) is 16.0. The first-order valence-electron chi connectivity index (χ1n) is 19.7. The molecule has 270 valence electrons. The molecule has 3 fully saturated rings. The normalized spacial score (nSPS) is 28.4. The molecule has 2 heterocycles. The van der Waals surface area contributed by atoms with Crippen molar-refractivity contribution in [3.05, 3.63) is 95.1 Å². The van der Waals surface area contributed by atoms with Crippen LogP contribution in [0.3, 0.4) is 0 Å². The molecule has 1 saturated heterocycles. The average molecular weight is 691 g/mol. The summed E-state index contributed by atoms with van der Waals surface area (Å²) < 4.78 is 12.9. The number of carbonyl (C=O) groups is 2. The number of hydrogen-bond acceptors (Lipinski definition) is 6. The van der Waals surface area contributed by atoms with Crippen LogP contribution in [0.1, 0.15) is 93.4 Å². The van der Waals surface area contributed by atoms with Crippen LogP contribution in [-0.2, 0) is 34.3 Å². The molecule has 0 radical (unpaired) electrons. The Morgan fingerprint density at radius 2 is 1.63 bits per heavy atom. The standard InChI is InChI=1S/C44H54N2O5/c1-30(47)50-39-23-20-33-27-37-35-21-22-36(43-44(35,41(33)42(39)51-43)24-26-45(37)29-34-28-38(34)48)46(25-12-11-18-32-15-7-3-8-16-32)40(49)19-10-4-9-17-31-13-5-2-6-14-31/h2-3,5-8,13-16,20,23,34-38,43,48H,4,9-12,17-19,21-22,24-29H2,1H3/t34?,35-,36-,37+,38?,43-,44-/m0/s1. The minimum Gasteiger partial charge on any atom is -0.483 e. The van der Waals surface area contributed by atoms with E-state index in [1.165, 1.54) is 29.2 Å². The van der Waals surface area contributed by atoms with Crippen molar-refractivity contribution in [2.45, 2.75) is 120 Å². The largest absolute Gasteiger partial charge is 0.483 e. The summed E-state index contributed by atoms with van der Waals surface area (Å²) in [6.45, 7) is 4.10. The number of hydrogen-bond donors (Lipinski definition) is 1. The van der Waals surface area contributed by atoms with Gasteiger partial charge in [0.05, 0.1) is 12.1 Å². The highest BCUT2D eigenvalue weighted by molar-refractivity contribution is 5.77. The third-order valence-corrected chi connectivity index (χ3v) is 12.9. The highest BCUT2D eigenvalue weighted by atomic mass is 16.6. The molecule has 8 rings (SSSR count). The summed E-state index contributed by atoms with van der Waals surface area (Å²) in [5, 5.41) is 10.2. The molecule has 1 amide bonds. The molecule has 7 heteroatoms. The molecular formula is C44H54N2O5. The third kappa shape index (κ3) is 6.84. The number of piperidine rings is 1. The van der Waals surface area contributed by atoms with Crippen LogP contribution in [-0.4, -0.2) is 70.7 Å². The zero-order valence-corrected chi connectivity index (χ0v) is 30.2. The van der Waals surface area contributed by atoms with Crippen molar-refractivity contribution in [3.63, 3.8) is 0 Å². The van der Waals surface area contributed by atoms with Gasteiger partial charge in [-0.25, -0.2) is 0 Å². The van der Waals surface area contributed by atoms with Crippen molar-refractivity contribution in [3.8, 4) is 11.5 Å². The first-order valence-corrected chi connectivity index (χ1v) is 19.7. The van der Waals surface area contributed by atoms with Gasteiger partial charge in [0.15, 0.2) is 11.5 Å². The molecule has 3 aromatic rings. The van der Waals surface area contributed by atoms with Crippen molar-refractivity contribution in [1.29, 1.82) is 0 Å². The number of aliphatic hydroxyl groups is 1. The van der Waals surface area contributed by atoms with Crippen molar-refractivity contribution in [1.82, 2.24) is 9.80 Å². The molecule has 0 aromatic heterocycles. The number of rotatable bonds is 15. The van der Waals surface area contributed by atoms with Gasteiger partial charge in [0.2, 0.25) is 5.91 Å². The Morgan fingerprint density at radius 3 is 2.31 bits per heavy atom. The maximum absolute atomic E-state index is 14.4. The Balaban J connectivity index is 1.05. The summed E-state index contributed by atoms with van der Waals surface area (Å²) in [5.74, 6) is 1.95. The van der Waals surface area contributed by atoms with E-state index in [4.69, 9.17) is 9.47 Å². The Bertz CT molecular complexity index is 1700. The Hall–Kier alpha value is -3.68. The average Bonchev–Trinajstić information content (AvgIpc) is 3.72. The molecule has 1 N–H and O–H groups in total. The molecule has 7 nitrogen and oxygen atoms in total. The summed E-state index contributed by atoms with van der Waals surface area (Å²) in [4.78, 5) is 31.6. The van der Waals surface area contributed by atoms with E-state index >= 15 is 0 Å². The number of nitrogens with zero attached hydrogens (tertiary/aromatic N) is 2. The number of amides is 1. The lowest BCUT2D eigenvalue weighted by atomic mass is 9.51. The van der Waals surface area contributed by atoms with Crippen LogP contribution >= 0.6 is 0 Å². The number of aryl methyl sites for hydroxylation is 2. The highest BCUT2D eigenvalue weighted by Gasteiger charge is 2.67. The van der Waals surface area contributed by atoms with Crippen molar-refractivity contribution in [2.75, 3.05) is 19.6 Å². The van der Waals surface area contributed by atoms with Gasteiger partial charge in [-0.1, -0.05) is 73.2 Å². The van der Waals surface area contributed by atoms with Gasteiger partial charge in [0, 0.05) is 49.4 Å². The number of likely N-dealkylation sites (tertiary alicyclic amines) is 1. The van der Waals surface area contributed by atoms with Gasteiger partial charge >= 0.3 is 5.97 Å². The zero-order chi connectivity index (χ0) is 35.0. The van der Waals surface area contributed by atoms with Crippen LogP contribution in [0.15, 0.2) is 72.8 Å². The zero-order valence-electron chi connectivity index (χ0n) is 30.2. The fourth-order valence-electron chi connectivity index (χ4n) is 10.4. The Kier molecular flexibility index (Phi) is 9.95. The molecule has 2 unspecified atom stereocenters. The summed E-state index contributed by atoms with van der Waals surface area (Å²) >= 11 is 0. The molecule has 7 atom stereocenters. The van der Waals surface area contributed by atoms with Crippen molar-refractivity contribution in [2.24, 2.45) is 11.8 Å². The third-order valence-electron chi connectivity index (χ3n) is 12.9. The summed E-state index contributed by atoms with van der Waals surface area (Å²) in [5.41, 5.74) is 5.03. The molecule has 1 spiro atoms. The second-order valence-corrected chi connectivity index (χ2v) is 16.0. The van der Waals surface area contributed by atoms with Crippen molar-refractivity contribution >= 4 is 11.9 Å². The Labute approximate surface area is 303 Å². The minimum atomic E-state index is -0.343. The van der Waals surface area contributed by atoms with E-state index < -0.39 is 0 Å². The topological polar surface area (TPSA) is 79.3 Å². The van der Waals surface area contributed by atoms with Crippen LogP contribution in [0.4, 0.5) is 0 Å². The monoisotopic (exact) mass is 690 g/mol. The molecule has 5 aliphatic rings. The number of aliphatic hydroxyl groups excluding tert-OH is 1. The fourth-order valence-corrected chi connectivity index (χ4v) is 10.4. The lowest BCUT2D eigenvalue weighted by Crippen LogP contribution is -2.69. The number of unbranched alkanes of at least 4 members (excludes halogenated alkanes) is 3. The first kappa shape index (κ1) is 34.4. The molecule has 2 aliphatic heterocycles. The smallest absolute Gasteiger partial charge is 0.308 e.